The molecule has 3 rings (SSSR count). The zero-order chi connectivity index (χ0) is 18.2. The quantitative estimate of drug-likeness (QED) is 0.758. The number of benzene rings is 2. The Labute approximate surface area is 149 Å². The molecule has 0 atom stereocenters. The molecule has 6 nitrogen and oxygen atoms in total. The molecule has 0 saturated carbocycles. The Bertz CT molecular complexity index is 1040. The minimum atomic E-state index is -3.29. The summed E-state index contributed by atoms with van der Waals surface area (Å²) in [5.74, 6) is -0.183. The van der Waals surface area contributed by atoms with E-state index in [1.165, 1.54) is 18.3 Å². The molecule has 0 aliphatic carbocycles. The number of amides is 1. The normalized spacial score (nSPS) is 11.4. The van der Waals surface area contributed by atoms with Crippen LogP contribution in [0.4, 0.5) is 0 Å². The fourth-order valence-corrected chi connectivity index (χ4v) is 3.11. The predicted octanol–water partition coefficient (Wildman–Crippen LogP) is 2.70. The third-order valence-corrected chi connectivity index (χ3v) is 4.98. The van der Waals surface area contributed by atoms with Gasteiger partial charge >= 0.3 is 0 Å². The molecule has 0 saturated heterocycles. The lowest BCUT2D eigenvalue weighted by atomic mass is 10.2. The number of nitrogens with zero attached hydrogens (tertiary/aromatic N) is 2. The van der Waals surface area contributed by atoms with Gasteiger partial charge in [0.25, 0.3) is 5.91 Å². The Morgan fingerprint density at radius 3 is 2.20 bits per heavy atom. The van der Waals surface area contributed by atoms with Crippen LogP contribution in [0.25, 0.3) is 17.1 Å². The third kappa shape index (κ3) is 3.57. The van der Waals surface area contributed by atoms with E-state index in [-0.39, 0.29) is 10.6 Å². The number of hydrogen-bond acceptors (Lipinski definition) is 4. The molecule has 2 N–H and O–H groups in total. The molecule has 1 amide bonds. The largest absolute Gasteiger partial charge is 0.364 e. The lowest BCUT2D eigenvalue weighted by Crippen LogP contribution is -2.11. The SMILES string of the molecule is CS(=O)(=O)c1ccc(-c2nc(C(N)=O)cn2-c2ccc(Cl)cc2)cc1. The summed E-state index contributed by atoms with van der Waals surface area (Å²) in [5.41, 5.74) is 6.84. The van der Waals surface area contributed by atoms with Gasteiger partial charge in [-0.25, -0.2) is 13.4 Å². The third-order valence-electron chi connectivity index (χ3n) is 3.60. The van der Waals surface area contributed by atoms with Crippen LogP contribution in [0.2, 0.25) is 5.02 Å². The first-order valence-corrected chi connectivity index (χ1v) is 9.48. The molecule has 0 aliphatic heterocycles. The van der Waals surface area contributed by atoms with Crippen LogP contribution < -0.4 is 5.73 Å². The second-order valence-electron chi connectivity index (χ2n) is 5.46. The molecule has 3 aromatic rings. The van der Waals surface area contributed by atoms with E-state index >= 15 is 0 Å². The van der Waals surface area contributed by atoms with E-state index in [1.807, 2.05) is 0 Å². The zero-order valence-corrected chi connectivity index (χ0v) is 14.8. The average molecular weight is 376 g/mol. The van der Waals surface area contributed by atoms with Gasteiger partial charge in [0.15, 0.2) is 9.84 Å². The van der Waals surface area contributed by atoms with Crippen molar-refractivity contribution in [2.24, 2.45) is 5.73 Å². The van der Waals surface area contributed by atoms with E-state index in [0.29, 0.717) is 16.4 Å². The van der Waals surface area contributed by atoms with Gasteiger partial charge in [0, 0.05) is 28.7 Å². The van der Waals surface area contributed by atoms with Crippen molar-refractivity contribution in [2.75, 3.05) is 6.26 Å². The van der Waals surface area contributed by atoms with Crippen molar-refractivity contribution in [3.8, 4) is 17.1 Å². The van der Waals surface area contributed by atoms with Crippen LogP contribution in [0.15, 0.2) is 59.6 Å². The summed E-state index contributed by atoms with van der Waals surface area (Å²) in [6.07, 6.45) is 2.67. The summed E-state index contributed by atoms with van der Waals surface area (Å²) < 4.78 is 24.9. The van der Waals surface area contributed by atoms with Crippen molar-refractivity contribution < 1.29 is 13.2 Å². The van der Waals surface area contributed by atoms with E-state index < -0.39 is 15.7 Å². The zero-order valence-electron chi connectivity index (χ0n) is 13.2. The molecular formula is C17H14ClN3O3S. The molecule has 0 aliphatic rings. The average Bonchev–Trinajstić information content (AvgIpc) is 3.00. The Balaban J connectivity index is 2.14. The van der Waals surface area contributed by atoms with Gasteiger partial charge in [-0.1, -0.05) is 11.6 Å². The lowest BCUT2D eigenvalue weighted by Gasteiger charge is -2.08. The van der Waals surface area contributed by atoms with Crippen LogP contribution in [-0.2, 0) is 9.84 Å². The number of carbonyl (C=O) groups excluding carboxylic acids is 1. The smallest absolute Gasteiger partial charge is 0.268 e. The summed E-state index contributed by atoms with van der Waals surface area (Å²) in [7, 11) is -3.29. The van der Waals surface area contributed by atoms with Gasteiger partial charge in [0.05, 0.1) is 4.90 Å². The molecule has 0 bridgehead atoms. The number of halogens is 1. The first kappa shape index (κ1) is 17.2. The van der Waals surface area contributed by atoms with Crippen molar-refractivity contribution in [3.63, 3.8) is 0 Å². The summed E-state index contributed by atoms with van der Waals surface area (Å²) >= 11 is 5.92. The molecule has 0 unspecified atom stereocenters. The molecule has 1 heterocycles. The van der Waals surface area contributed by atoms with Crippen LogP contribution in [0.3, 0.4) is 0 Å². The monoisotopic (exact) mass is 375 g/mol. The van der Waals surface area contributed by atoms with Crippen molar-refractivity contribution >= 4 is 27.3 Å². The summed E-state index contributed by atoms with van der Waals surface area (Å²) in [5, 5.41) is 0.582. The highest BCUT2D eigenvalue weighted by Crippen LogP contribution is 2.25. The summed E-state index contributed by atoms with van der Waals surface area (Å²) in [4.78, 5) is 16.0. The highest BCUT2D eigenvalue weighted by molar-refractivity contribution is 7.90. The molecule has 128 valence electrons. The molecule has 25 heavy (non-hydrogen) atoms. The molecule has 0 radical (unpaired) electrons. The Morgan fingerprint density at radius 2 is 1.68 bits per heavy atom. The second kappa shape index (κ2) is 6.34. The van der Waals surface area contributed by atoms with Crippen LogP contribution in [0.1, 0.15) is 10.5 Å². The van der Waals surface area contributed by atoms with Crippen LogP contribution >= 0.6 is 11.6 Å². The van der Waals surface area contributed by atoms with E-state index in [4.69, 9.17) is 17.3 Å². The van der Waals surface area contributed by atoms with E-state index in [1.54, 1.807) is 41.0 Å². The molecule has 2 aromatic carbocycles. The maximum absolute atomic E-state index is 11.6. The van der Waals surface area contributed by atoms with Gasteiger partial charge in [0.2, 0.25) is 0 Å². The van der Waals surface area contributed by atoms with Crippen molar-refractivity contribution in [3.05, 3.63) is 65.4 Å². The minimum Gasteiger partial charge on any atom is -0.364 e. The second-order valence-corrected chi connectivity index (χ2v) is 7.91. The highest BCUT2D eigenvalue weighted by atomic mass is 35.5. The summed E-state index contributed by atoms with van der Waals surface area (Å²) in [6, 6.07) is 13.3. The highest BCUT2D eigenvalue weighted by Gasteiger charge is 2.16. The van der Waals surface area contributed by atoms with Crippen LogP contribution in [0.5, 0.6) is 0 Å². The van der Waals surface area contributed by atoms with E-state index in [9.17, 15) is 13.2 Å². The maximum atomic E-state index is 11.6. The Hall–Kier alpha value is -2.64. The van der Waals surface area contributed by atoms with Crippen LogP contribution in [-0.4, -0.2) is 30.1 Å². The minimum absolute atomic E-state index is 0.108. The first-order chi connectivity index (χ1) is 11.8. The topological polar surface area (TPSA) is 95.1 Å². The standard InChI is InChI=1S/C17H14ClN3O3S/c1-25(23,24)14-8-2-11(3-9-14)17-20-15(16(19)22)10-21(17)13-6-4-12(18)5-7-13/h2-10H,1H3,(H2,19,22). The van der Waals surface area contributed by atoms with E-state index in [0.717, 1.165) is 11.9 Å². The first-order valence-electron chi connectivity index (χ1n) is 7.21. The number of nitrogens with two attached hydrogens (primary N) is 1. The number of imidazole rings is 1. The van der Waals surface area contributed by atoms with E-state index in [2.05, 4.69) is 4.98 Å². The Morgan fingerprint density at radius 1 is 1.08 bits per heavy atom. The van der Waals surface area contributed by atoms with Crippen molar-refractivity contribution in [1.29, 1.82) is 0 Å². The maximum Gasteiger partial charge on any atom is 0.268 e. The van der Waals surface area contributed by atoms with Gasteiger partial charge in [-0.15, -0.1) is 0 Å². The van der Waals surface area contributed by atoms with Gasteiger partial charge in [-0.05, 0) is 48.5 Å². The van der Waals surface area contributed by atoms with Gasteiger partial charge in [-0.2, -0.15) is 0 Å². The van der Waals surface area contributed by atoms with Crippen LogP contribution in [0, 0.1) is 0 Å². The van der Waals surface area contributed by atoms with Gasteiger partial charge in [-0.3, -0.25) is 9.36 Å². The predicted molar refractivity (Wildman–Crippen MR) is 95.6 cm³/mol. The molecular weight excluding hydrogens is 362 g/mol. The number of rotatable bonds is 4. The van der Waals surface area contributed by atoms with Gasteiger partial charge < -0.3 is 5.73 Å². The number of aromatic nitrogens is 2. The number of hydrogen-bond donors (Lipinski definition) is 1. The molecule has 8 heteroatoms. The number of carbonyl (C=O) groups is 1. The van der Waals surface area contributed by atoms with Crippen molar-refractivity contribution in [1.82, 2.24) is 9.55 Å². The molecule has 0 fully saturated rings. The molecule has 0 spiro atoms. The molecule has 1 aromatic heterocycles. The fourth-order valence-electron chi connectivity index (χ4n) is 2.35. The number of sulfone groups is 1. The van der Waals surface area contributed by atoms with Crippen molar-refractivity contribution in [2.45, 2.75) is 4.90 Å². The lowest BCUT2D eigenvalue weighted by molar-refractivity contribution is 0.0996. The summed E-state index contributed by atoms with van der Waals surface area (Å²) in [6.45, 7) is 0. The number of primary amides is 1. The van der Waals surface area contributed by atoms with Gasteiger partial charge in [0.1, 0.15) is 11.5 Å². The Kier molecular flexibility index (Phi) is 4.36. The fraction of sp³-hybridized carbons (Fsp3) is 0.0588.